The highest BCUT2D eigenvalue weighted by molar-refractivity contribution is 6.04. The quantitative estimate of drug-likeness (QED) is 0.269. The summed E-state index contributed by atoms with van der Waals surface area (Å²) >= 11 is 0. The Labute approximate surface area is 183 Å². The summed E-state index contributed by atoms with van der Waals surface area (Å²) in [5.74, 6) is -1.83. The molecule has 0 aromatic heterocycles. The van der Waals surface area contributed by atoms with Gasteiger partial charge < -0.3 is 19.5 Å². The van der Waals surface area contributed by atoms with Gasteiger partial charge in [-0.15, -0.1) is 0 Å². The third-order valence-electron chi connectivity index (χ3n) is 4.11. The van der Waals surface area contributed by atoms with Crippen molar-refractivity contribution in [3.63, 3.8) is 0 Å². The number of nitrogens with zero attached hydrogens (tertiary/aromatic N) is 1. The van der Waals surface area contributed by atoms with Crippen LogP contribution in [0, 0.1) is 10.1 Å². The fourth-order valence-corrected chi connectivity index (χ4v) is 2.64. The van der Waals surface area contributed by atoms with Gasteiger partial charge in [0.1, 0.15) is 0 Å². The van der Waals surface area contributed by atoms with Crippen molar-refractivity contribution in [1.82, 2.24) is 0 Å². The number of ether oxygens (including phenoxy) is 3. The van der Waals surface area contributed by atoms with E-state index in [0.717, 1.165) is 6.08 Å². The van der Waals surface area contributed by atoms with Gasteiger partial charge in [-0.05, 0) is 42.3 Å². The van der Waals surface area contributed by atoms with Gasteiger partial charge in [-0.2, -0.15) is 0 Å². The molecule has 2 rings (SSSR count). The van der Waals surface area contributed by atoms with Gasteiger partial charge in [0.15, 0.2) is 5.75 Å². The number of hydrogen-bond donors (Lipinski definition) is 1. The molecule has 0 bridgehead atoms. The lowest BCUT2D eigenvalue weighted by atomic mass is 10.1. The summed E-state index contributed by atoms with van der Waals surface area (Å²) in [5, 5.41) is 13.8. The number of nitro benzene ring substituents is 1. The largest absolute Gasteiger partial charge is 0.487 e. The maximum atomic E-state index is 12.3. The topological polar surface area (TPSA) is 134 Å². The molecule has 168 valence electrons. The molecule has 0 aliphatic carbocycles. The van der Waals surface area contributed by atoms with E-state index in [1.54, 1.807) is 6.07 Å². The Morgan fingerprint density at radius 2 is 1.66 bits per heavy atom. The molecule has 0 aliphatic rings. The number of carbonyl (C=O) groups is 3. The first-order chi connectivity index (χ1) is 15.3. The van der Waals surface area contributed by atoms with Gasteiger partial charge in [-0.3, -0.25) is 14.9 Å². The van der Waals surface area contributed by atoms with Crippen LogP contribution in [0.4, 0.5) is 11.4 Å². The van der Waals surface area contributed by atoms with Crippen LogP contribution in [0.1, 0.15) is 39.6 Å². The molecule has 10 heteroatoms. The maximum Gasteiger partial charge on any atom is 0.337 e. The van der Waals surface area contributed by atoms with Crippen LogP contribution in [0.3, 0.4) is 0 Å². The van der Waals surface area contributed by atoms with Crippen LogP contribution in [-0.2, 0) is 14.3 Å². The van der Waals surface area contributed by atoms with Gasteiger partial charge in [0.25, 0.3) is 0 Å². The summed E-state index contributed by atoms with van der Waals surface area (Å²) in [7, 11) is 2.37. The molecule has 0 saturated heterocycles. The molecule has 1 N–H and O–H groups in total. The number of carbonyl (C=O) groups excluding carboxylic acids is 3. The van der Waals surface area contributed by atoms with Crippen LogP contribution in [0.25, 0.3) is 6.08 Å². The number of benzene rings is 2. The fraction of sp³-hybridized carbons (Fsp3) is 0.227. The average Bonchev–Trinajstić information content (AvgIpc) is 2.80. The Morgan fingerprint density at radius 1 is 1.03 bits per heavy atom. The van der Waals surface area contributed by atoms with Gasteiger partial charge in [0.05, 0.1) is 36.9 Å². The van der Waals surface area contributed by atoms with Crippen molar-refractivity contribution in [2.75, 3.05) is 26.1 Å². The van der Waals surface area contributed by atoms with Crippen molar-refractivity contribution < 1.29 is 33.5 Å². The lowest BCUT2D eigenvalue weighted by Gasteiger charge is -2.08. The normalized spacial score (nSPS) is 10.5. The standard InChI is InChI=1S/C22H22N2O8/c1-4-9-32-19-7-5-14(10-18(19)24(28)29)6-8-20(25)23-17-12-15(21(26)30-2)11-16(13-17)22(27)31-3/h5-8,10-13H,4,9H2,1-3H3,(H,23,25)/b8-6+. The number of esters is 2. The second kappa shape index (κ2) is 11.3. The van der Waals surface area contributed by atoms with E-state index in [2.05, 4.69) is 14.8 Å². The van der Waals surface area contributed by atoms with E-state index in [1.807, 2.05) is 6.92 Å². The predicted octanol–water partition coefficient (Wildman–Crippen LogP) is 3.61. The first-order valence-electron chi connectivity index (χ1n) is 9.51. The molecule has 0 heterocycles. The van der Waals surface area contributed by atoms with E-state index >= 15 is 0 Å². The fourth-order valence-electron chi connectivity index (χ4n) is 2.64. The number of methoxy groups -OCH3 is 2. The summed E-state index contributed by atoms with van der Waals surface area (Å²) < 4.78 is 14.7. The average molecular weight is 442 g/mol. The molecular weight excluding hydrogens is 420 g/mol. The Balaban J connectivity index is 2.23. The lowest BCUT2D eigenvalue weighted by molar-refractivity contribution is -0.385. The zero-order valence-corrected chi connectivity index (χ0v) is 17.7. The third-order valence-corrected chi connectivity index (χ3v) is 4.11. The van der Waals surface area contributed by atoms with E-state index < -0.39 is 22.8 Å². The summed E-state index contributed by atoms with van der Waals surface area (Å²) in [6, 6.07) is 8.30. The van der Waals surface area contributed by atoms with Crippen LogP contribution < -0.4 is 10.1 Å². The van der Waals surface area contributed by atoms with Crippen molar-refractivity contribution in [2.24, 2.45) is 0 Å². The summed E-state index contributed by atoms with van der Waals surface area (Å²) in [4.78, 5) is 46.7. The van der Waals surface area contributed by atoms with Crippen LogP contribution in [0.5, 0.6) is 5.75 Å². The first kappa shape index (κ1) is 24.1. The Kier molecular flexibility index (Phi) is 8.46. The first-order valence-corrected chi connectivity index (χ1v) is 9.51. The van der Waals surface area contributed by atoms with E-state index in [0.29, 0.717) is 18.6 Å². The summed E-state index contributed by atoms with van der Waals surface area (Å²) in [6.07, 6.45) is 3.25. The Morgan fingerprint density at radius 3 is 2.19 bits per heavy atom. The predicted molar refractivity (Wildman–Crippen MR) is 116 cm³/mol. The van der Waals surface area contributed by atoms with Gasteiger partial charge >= 0.3 is 17.6 Å². The van der Waals surface area contributed by atoms with Crippen LogP contribution in [0.15, 0.2) is 42.5 Å². The molecule has 10 nitrogen and oxygen atoms in total. The molecule has 0 fully saturated rings. The van der Waals surface area contributed by atoms with Crippen LogP contribution in [0.2, 0.25) is 0 Å². The van der Waals surface area contributed by atoms with Crippen molar-refractivity contribution in [1.29, 1.82) is 0 Å². The Bertz CT molecular complexity index is 1030. The Hall–Kier alpha value is -4.21. The third kappa shape index (κ3) is 6.39. The number of hydrogen-bond acceptors (Lipinski definition) is 8. The molecule has 32 heavy (non-hydrogen) atoms. The molecule has 0 unspecified atom stereocenters. The number of nitro groups is 1. The molecule has 0 saturated carbocycles. The van der Waals surface area contributed by atoms with Crippen molar-refractivity contribution >= 4 is 35.3 Å². The lowest BCUT2D eigenvalue weighted by Crippen LogP contribution is -2.12. The minimum atomic E-state index is -0.695. The van der Waals surface area contributed by atoms with E-state index in [4.69, 9.17) is 4.74 Å². The maximum absolute atomic E-state index is 12.3. The summed E-state index contributed by atoms with van der Waals surface area (Å²) in [6.45, 7) is 2.23. The summed E-state index contributed by atoms with van der Waals surface area (Å²) in [5.41, 5.74) is 0.460. The SMILES string of the molecule is CCCOc1ccc(/C=C/C(=O)Nc2cc(C(=O)OC)cc(C(=O)OC)c2)cc1[N+](=O)[O-]. The van der Waals surface area contributed by atoms with Crippen molar-refractivity contribution in [2.45, 2.75) is 13.3 Å². The molecule has 0 radical (unpaired) electrons. The molecule has 1 amide bonds. The zero-order chi connectivity index (χ0) is 23.7. The highest BCUT2D eigenvalue weighted by Crippen LogP contribution is 2.28. The minimum absolute atomic E-state index is 0.0490. The zero-order valence-electron chi connectivity index (χ0n) is 17.7. The number of rotatable bonds is 9. The minimum Gasteiger partial charge on any atom is -0.487 e. The molecule has 0 spiro atoms. The van der Waals surface area contributed by atoms with Crippen molar-refractivity contribution in [3.05, 3.63) is 69.3 Å². The molecule has 0 aliphatic heterocycles. The van der Waals surface area contributed by atoms with Gasteiger partial charge in [0.2, 0.25) is 5.91 Å². The smallest absolute Gasteiger partial charge is 0.337 e. The van der Waals surface area contributed by atoms with E-state index in [9.17, 15) is 24.5 Å². The van der Waals surface area contributed by atoms with Gasteiger partial charge in [-0.1, -0.05) is 13.0 Å². The van der Waals surface area contributed by atoms with E-state index in [-0.39, 0.29) is 28.3 Å². The highest BCUT2D eigenvalue weighted by Gasteiger charge is 2.16. The monoisotopic (exact) mass is 442 g/mol. The molecular formula is C22H22N2O8. The van der Waals surface area contributed by atoms with Crippen LogP contribution >= 0.6 is 0 Å². The number of nitrogens with one attached hydrogen (secondary N) is 1. The second-order valence-corrected chi connectivity index (χ2v) is 6.44. The van der Waals surface area contributed by atoms with E-state index in [1.165, 1.54) is 50.6 Å². The molecule has 0 atom stereocenters. The van der Waals surface area contributed by atoms with Gasteiger partial charge in [0, 0.05) is 17.8 Å². The van der Waals surface area contributed by atoms with Crippen molar-refractivity contribution in [3.8, 4) is 5.75 Å². The molecule has 2 aromatic carbocycles. The van der Waals surface area contributed by atoms with Gasteiger partial charge in [-0.25, -0.2) is 9.59 Å². The number of anilines is 1. The second-order valence-electron chi connectivity index (χ2n) is 6.44. The number of amides is 1. The molecule has 2 aromatic rings. The highest BCUT2D eigenvalue weighted by atomic mass is 16.6. The van der Waals surface area contributed by atoms with Crippen LogP contribution in [-0.4, -0.2) is 43.6 Å².